The van der Waals surface area contributed by atoms with Crippen LogP contribution in [0.15, 0.2) is 48.5 Å². The molecule has 2 fully saturated rings. The molecule has 2 aliphatic rings. The van der Waals surface area contributed by atoms with Crippen molar-refractivity contribution in [3.8, 4) is 0 Å². The Labute approximate surface area is 167 Å². The Bertz CT molecular complexity index is 864. The molecule has 0 N–H and O–H groups in total. The minimum absolute atomic E-state index is 0.246. The molecule has 2 heterocycles. The Kier molecular flexibility index (Phi) is 5.46. The molecule has 29 heavy (non-hydrogen) atoms. The molecule has 0 aliphatic carbocycles. The summed E-state index contributed by atoms with van der Waals surface area (Å²) in [6.45, 7) is 3.44. The van der Waals surface area contributed by atoms with E-state index in [0.717, 1.165) is 43.6 Å². The molecule has 4 rings (SSSR count). The van der Waals surface area contributed by atoms with E-state index in [1.807, 2.05) is 12.1 Å². The third kappa shape index (κ3) is 4.37. The molecule has 2 aromatic carbocycles. The second-order valence-corrected chi connectivity index (χ2v) is 7.45. The first-order valence-electron chi connectivity index (χ1n) is 9.66. The number of alkyl halides is 3. The van der Waals surface area contributed by atoms with Gasteiger partial charge < -0.3 is 9.47 Å². The highest BCUT2D eigenvalue weighted by molar-refractivity contribution is 6.09. The van der Waals surface area contributed by atoms with E-state index in [1.165, 1.54) is 12.1 Å². The first kappa shape index (κ1) is 20.1. The third-order valence-electron chi connectivity index (χ3n) is 5.56. The van der Waals surface area contributed by atoms with Crippen LogP contribution in [0.2, 0.25) is 0 Å². The lowest BCUT2D eigenvalue weighted by atomic mass is 9.96. The van der Waals surface area contributed by atoms with Crippen LogP contribution in [-0.2, 0) is 22.2 Å². The maximum absolute atomic E-state index is 12.9. The van der Waals surface area contributed by atoms with E-state index in [0.29, 0.717) is 25.3 Å². The zero-order valence-corrected chi connectivity index (χ0v) is 15.9. The molecule has 2 aromatic rings. The van der Waals surface area contributed by atoms with Gasteiger partial charge >= 0.3 is 6.18 Å². The summed E-state index contributed by atoms with van der Waals surface area (Å²) in [5.41, 5.74) is 0.860. The van der Waals surface area contributed by atoms with Crippen LogP contribution in [0.1, 0.15) is 39.9 Å². The Hall–Kier alpha value is -2.22. The second-order valence-electron chi connectivity index (χ2n) is 7.45. The molecule has 0 bridgehead atoms. The van der Waals surface area contributed by atoms with Crippen molar-refractivity contribution >= 4 is 5.78 Å². The van der Waals surface area contributed by atoms with Crippen LogP contribution in [0.25, 0.3) is 0 Å². The van der Waals surface area contributed by atoms with Gasteiger partial charge in [-0.2, -0.15) is 13.2 Å². The van der Waals surface area contributed by atoms with E-state index in [-0.39, 0.29) is 11.3 Å². The zero-order valence-electron chi connectivity index (χ0n) is 15.9. The van der Waals surface area contributed by atoms with Crippen molar-refractivity contribution in [3.63, 3.8) is 0 Å². The van der Waals surface area contributed by atoms with Crippen LogP contribution in [0.3, 0.4) is 0 Å². The highest BCUT2D eigenvalue weighted by Crippen LogP contribution is 2.32. The summed E-state index contributed by atoms with van der Waals surface area (Å²) in [5.74, 6) is -0.725. The van der Waals surface area contributed by atoms with Crippen molar-refractivity contribution in [3.05, 3.63) is 70.8 Å². The van der Waals surface area contributed by atoms with E-state index < -0.39 is 17.5 Å². The van der Waals surface area contributed by atoms with E-state index in [4.69, 9.17) is 9.47 Å². The number of nitrogens with zero attached hydrogens (tertiary/aromatic N) is 1. The molecule has 0 atom stereocenters. The average molecular weight is 405 g/mol. The summed E-state index contributed by atoms with van der Waals surface area (Å²) in [6.07, 6.45) is -2.86. The SMILES string of the molecule is O=C(c1ccc(C(F)(F)F)cc1)c1ccccc1CN1CCC2(CC1)OCCO2. The van der Waals surface area contributed by atoms with Crippen LogP contribution in [-0.4, -0.2) is 42.8 Å². The normalized spacial score (nSPS) is 19.6. The summed E-state index contributed by atoms with van der Waals surface area (Å²) in [4.78, 5) is 15.2. The van der Waals surface area contributed by atoms with Gasteiger partial charge in [-0.05, 0) is 17.7 Å². The molecule has 1 spiro atoms. The molecule has 4 nitrogen and oxygen atoms in total. The van der Waals surface area contributed by atoms with Gasteiger partial charge in [-0.15, -0.1) is 0 Å². The van der Waals surface area contributed by atoms with Crippen molar-refractivity contribution in [2.75, 3.05) is 26.3 Å². The number of hydrogen-bond donors (Lipinski definition) is 0. The van der Waals surface area contributed by atoms with Crippen LogP contribution < -0.4 is 0 Å². The molecule has 0 amide bonds. The number of halogens is 3. The number of piperidine rings is 1. The Balaban J connectivity index is 1.47. The minimum atomic E-state index is -4.42. The molecule has 7 heteroatoms. The highest BCUT2D eigenvalue weighted by atomic mass is 19.4. The predicted molar refractivity (Wildman–Crippen MR) is 100 cm³/mol. The summed E-state index contributed by atoms with van der Waals surface area (Å²) < 4.78 is 49.8. The second kappa shape index (κ2) is 7.89. The van der Waals surface area contributed by atoms with Gasteiger partial charge in [0.1, 0.15) is 0 Å². The van der Waals surface area contributed by atoms with Crippen LogP contribution in [0, 0.1) is 0 Å². The minimum Gasteiger partial charge on any atom is -0.347 e. The van der Waals surface area contributed by atoms with Crippen LogP contribution in [0.5, 0.6) is 0 Å². The van der Waals surface area contributed by atoms with Crippen molar-refractivity contribution in [1.82, 2.24) is 4.90 Å². The molecule has 0 radical (unpaired) electrons. The Morgan fingerprint density at radius 2 is 1.59 bits per heavy atom. The fourth-order valence-electron chi connectivity index (χ4n) is 3.92. The smallest absolute Gasteiger partial charge is 0.347 e. The topological polar surface area (TPSA) is 38.8 Å². The standard InChI is InChI=1S/C22H22F3NO3/c23-22(24,25)18-7-5-16(6-8-18)20(27)19-4-2-1-3-17(19)15-26-11-9-21(10-12-26)28-13-14-29-21/h1-8H,9-15H2. The molecule has 154 valence electrons. The molecule has 0 aromatic heterocycles. The van der Waals surface area contributed by atoms with Gasteiger partial charge in [0.25, 0.3) is 0 Å². The van der Waals surface area contributed by atoms with Crippen molar-refractivity contribution in [2.24, 2.45) is 0 Å². The van der Waals surface area contributed by atoms with E-state index in [2.05, 4.69) is 4.90 Å². The van der Waals surface area contributed by atoms with Crippen LogP contribution in [0.4, 0.5) is 13.2 Å². The largest absolute Gasteiger partial charge is 0.416 e. The zero-order chi connectivity index (χ0) is 20.5. The Morgan fingerprint density at radius 1 is 0.966 bits per heavy atom. The third-order valence-corrected chi connectivity index (χ3v) is 5.56. The van der Waals surface area contributed by atoms with Gasteiger partial charge in [0.15, 0.2) is 11.6 Å². The number of ketones is 1. The van der Waals surface area contributed by atoms with Gasteiger partial charge in [0.2, 0.25) is 0 Å². The Morgan fingerprint density at radius 3 is 2.21 bits per heavy atom. The van der Waals surface area contributed by atoms with Gasteiger partial charge in [0, 0.05) is 43.6 Å². The highest BCUT2D eigenvalue weighted by Gasteiger charge is 2.39. The van der Waals surface area contributed by atoms with Crippen LogP contribution >= 0.6 is 0 Å². The van der Waals surface area contributed by atoms with Crippen molar-refractivity contribution < 1.29 is 27.4 Å². The molecule has 0 saturated carbocycles. The maximum atomic E-state index is 12.9. The fourth-order valence-corrected chi connectivity index (χ4v) is 3.92. The number of ether oxygens (including phenoxy) is 2. The first-order valence-corrected chi connectivity index (χ1v) is 9.66. The number of carbonyl (C=O) groups excluding carboxylic acids is 1. The summed E-state index contributed by atoms with van der Waals surface area (Å²) >= 11 is 0. The lowest BCUT2D eigenvalue weighted by molar-refractivity contribution is -0.185. The average Bonchev–Trinajstić information content (AvgIpc) is 3.17. The molecular formula is C22H22F3NO3. The maximum Gasteiger partial charge on any atom is 0.416 e. The van der Waals surface area contributed by atoms with Crippen molar-refractivity contribution in [1.29, 1.82) is 0 Å². The molecule has 2 aliphatic heterocycles. The predicted octanol–water partition coefficient (Wildman–Crippen LogP) is 4.28. The number of carbonyl (C=O) groups is 1. The number of hydrogen-bond acceptors (Lipinski definition) is 4. The van der Waals surface area contributed by atoms with Gasteiger partial charge in [-0.3, -0.25) is 9.69 Å². The molecule has 2 saturated heterocycles. The summed E-state index contributed by atoms with van der Waals surface area (Å²) in [5, 5.41) is 0. The first-order chi connectivity index (χ1) is 13.9. The van der Waals surface area contributed by atoms with E-state index in [1.54, 1.807) is 12.1 Å². The van der Waals surface area contributed by atoms with E-state index >= 15 is 0 Å². The van der Waals surface area contributed by atoms with Gasteiger partial charge in [0.05, 0.1) is 18.8 Å². The monoisotopic (exact) mass is 405 g/mol. The summed E-state index contributed by atoms with van der Waals surface area (Å²) in [6, 6.07) is 11.6. The fraction of sp³-hybridized carbons (Fsp3) is 0.409. The molecule has 0 unspecified atom stereocenters. The van der Waals surface area contributed by atoms with Gasteiger partial charge in [-0.1, -0.05) is 36.4 Å². The van der Waals surface area contributed by atoms with E-state index in [9.17, 15) is 18.0 Å². The number of likely N-dealkylation sites (tertiary alicyclic amines) is 1. The lowest BCUT2D eigenvalue weighted by Crippen LogP contribution is -2.44. The lowest BCUT2D eigenvalue weighted by Gasteiger charge is -2.37. The van der Waals surface area contributed by atoms with Crippen molar-refractivity contribution in [2.45, 2.75) is 31.3 Å². The number of rotatable bonds is 4. The quantitative estimate of drug-likeness (QED) is 0.712. The number of benzene rings is 2. The molecular weight excluding hydrogens is 383 g/mol. The summed E-state index contributed by atoms with van der Waals surface area (Å²) in [7, 11) is 0. The van der Waals surface area contributed by atoms with Gasteiger partial charge in [-0.25, -0.2) is 0 Å².